The molecule has 192 valence electrons. The summed E-state index contributed by atoms with van der Waals surface area (Å²) < 4.78 is 5.90. The number of amides is 3. The number of nitrogens with zero attached hydrogens (tertiary/aromatic N) is 2. The van der Waals surface area contributed by atoms with Crippen molar-refractivity contribution in [3.8, 4) is 0 Å². The lowest BCUT2D eigenvalue weighted by Gasteiger charge is -2.42. The monoisotopic (exact) mass is 512 g/mol. The number of carbonyl (C=O) groups excluding carboxylic acids is 3. The summed E-state index contributed by atoms with van der Waals surface area (Å²) in [5.74, 6) is -1.82. The van der Waals surface area contributed by atoms with Gasteiger partial charge in [-0.15, -0.1) is 12.4 Å². The van der Waals surface area contributed by atoms with Crippen LogP contribution in [0.3, 0.4) is 0 Å². The number of rotatable bonds is 9. The minimum atomic E-state index is -1.13. The molecule has 2 heterocycles. The molecule has 2 aliphatic rings. The van der Waals surface area contributed by atoms with Gasteiger partial charge in [-0.05, 0) is 17.5 Å². The topological polar surface area (TPSA) is 114 Å². The number of halogens is 1. The highest BCUT2D eigenvalue weighted by molar-refractivity contribution is 6.13. The summed E-state index contributed by atoms with van der Waals surface area (Å²) in [5.41, 5.74) is 9.00. The number of hydrogen-bond donors (Lipinski definition) is 2. The Hall–Kier alpha value is -3.23. The number of likely N-dealkylation sites (tertiary alicyclic amines) is 1. The summed E-state index contributed by atoms with van der Waals surface area (Å²) in [6.45, 7) is 4.30. The minimum absolute atomic E-state index is 0. The first-order valence-corrected chi connectivity index (χ1v) is 11.9. The smallest absolute Gasteiger partial charge is 0.254 e. The van der Waals surface area contributed by atoms with Gasteiger partial charge in [0.15, 0.2) is 0 Å². The largest absolute Gasteiger partial charge is 0.376 e. The van der Waals surface area contributed by atoms with Gasteiger partial charge in [0.05, 0.1) is 30.3 Å². The number of hydrogen-bond acceptors (Lipinski definition) is 5. The molecule has 4 rings (SSSR count). The lowest BCUT2D eigenvalue weighted by atomic mass is 9.72. The molecular weight excluding hydrogens is 480 g/mol. The number of hydrazone groups is 1. The van der Waals surface area contributed by atoms with E-state index in [1.807, 2.05) is 60.7 Å². The molecule has 8 nitrogen and oxygen atoms in total. The van der Waals surface area contributed by atoms with Crippen molar-refractivity contribution < 1.29 is 19.1 Å². The van der Waals surface area contributed by atoms with E-state index in [4.69, 9.17) is 10.5 Å². The maximum atomic E-state index is 13.8. The van der Waals surface area contributed by atoms with E-state index in [0.717, 1.165) is 16.8 Å². The van der Waals surface area contributed by atoms with E-state index in [9.17, 15) is 14.4 Å². The number of carbonyl (C=O) groups is 3. The molecule has 9 heteroatoms. The van der Waals surface area contributed by atoms with Crippen molar-refractivity contribution in [2.75, 3.05) is 19.7 Å². The summed E-state index contributed by atoms with van der Waals surface area (Å²) in [6.07, 6.45) is 0.919. The highest BCUT2D eigenvalue weighted by Crippen LogP contribution is 2.37. The van der Waals surface area contributed by atoms with Crippen LogP contribution < -0.4 is 11.2 Å². The summed E-state index contributed by atoms with van der Waals surface area (Å²) in [6, 6.07) is 19.3. The van der Waals surface area contributed by atoms with Crippen LogP contribution in [0.4, 0.5) is 0 Å². The molecule has 0 bridgehead atoms. The van der Waals surface area contributed by atoms with Crippen LogP contribution in [-0.4, -0.2) is 48.0 Å². The molecule has 0 unspecified atom stereocenters. The van der Waals surface area contributed by atoms with Gasteiger partial charge in [-0.2, -0.15) is 5.10 Å². The summed E-state index contributed by atoms with van der Waals surface area (Å²) in [5, 5.41) is 4.29. The number of nitrogens with one attached hydrogen (secondary N) is 1. The number of primary amides is 1. The minimum Gasteiger partial charge on any atom is -0.376 e. The molecule has 0 aliphatic carbocycles. The molecule has 36 heavy (non-hydrogen) atoms. The van der Waals surface area contributed by atoms with Crippen LogP contribution in [0.5, 0.6) is 0 Å². The van der Waals surface area contributed by atoms with Crippen LogP contribution in [0.25, 0.3) is 0 Å². The molecule has 0 saturated carbocycles. The Labute approximate surface area is 217 Å². The molecular formula is C27H33ClN4O4. The second-order valence-corrected chi connectivity index (χ2v) is 9.89. The van der Waals surface area contributed by atoms with Gasteiger partial charge in [-0.1, -0.05) is 74.5 Å². The standard InChI is InChI=1S/C27H32N4O4.ClH/c1-26(2,24(28)33)21(17-35-16-20-11-7-4-8-12-20)23(32)31-14-13-22-27(18-31,25(34)30-29-22)15-19-9-5-3-6-10-19;/h3-12,21H,13-18H2,1-2H3,(H2,28,33)(H,30,34);1H/t21-,27-;/m1./s1. The molecule has 3 N–H and O–H groups in total. The molecule has 2 aromatic carbocycles. The van der Waals surface area contributed by atoms with Gasteiger partial charge >= 0.3 is 0 Å². The lowest BCUT2D eigenvalue weighted by molar-refractivity contribution is -0.151. The Balaban J connectivity index is 0.00000361. The van der Waals surface area contributed by atoms with Crippen LogP contribution in [-0.2, 0) is 32.1 Å². The SMILES string of the molecule is CC(C)(C(N)=O)[C@H](COCc1ccccc1)C(=O)N1CCC2=NNC(=O)[C@]2(Cc2ccccc2)C1.Cl. The molecule has 2 atom stereocenters. The third kappa shape index (κ3) is 5.44. The van der Waals surface area contributed by atoms with Crippen LogP contribution in [0.15, 0.2) is 65.8 Å². The second-order valence-electron chi connectivity index (χ2n) is 9.89. The van der Waals surface area contributed by atoms with E-state index in [0.29, 0.717) is 26.0 Å². The summed E-state index contributed by atoms with van der Waals surface area (Å²) in [7, 11) is 0. The Kier molecular flexibility index (Phi) is 8.53. The number of piperidine rings is 1. The molecule has 1 fully saturated rings. The Morgan fingerprint density at radius 3 is 2.33 bits per heavy atom. The number of fused-ring (bicyclic) bond motifs is 1. The highest BCUT2D eigenvalue weighted by Gasteiger charge is 2.53. The van der Waals surface area contributed by atoms with E-state index < -0.39 is 22.7 Å². The van der Waals surface area contributed by atoms with Crippen molar-refractivity contribution in [1.29, 1.82) is 0 Å². The van der Waals surface area contributed by atoms with Gasteiger partial charge < -0.3 is 15.4 Å². The fourth-order valence-corrected chi connectivity index (χ4v) is 4.79. The molecule has 0 spiro atoms. The fourth-order valence-electron chi connectivity index (χ4n) is 4.79. The average Bonchev–Trinajstić information content (AvgIpc) is 3.17. The zero-order valence-corrected chi connectivity index (χ0v) is 21.4. The molecule has 2 aliphatic heterocycles. The van der Waals surface area contributed by atoms with Crippen molar-refractivity contribution in [2.45, 2.75) is 33.3 Å². The van der Waals surface area contributed by atoms with Crippen molar-refractivity contribution in [3.63, 3.8) is 0 Å². The maximum absolute atomic E-state index is 13.8. The molecule has 1 saturated heterocycles. The first kappa shape index (κ1) is 27.4. The maximum Gasteiger partial charge on any atom is 0.254 e. The Morgan fingerprint density at radius 1 is 1.11 bits per heavy atom. The summed E-state index contributed by atoms with van der Waals surface area (Å²) >= 11 is 0. The van der Waals surface area contributed by atoms with Gasteiger partial charge in [-0.25, -0.2) is 5.43 Å². The van der Waals surface area contributed by atoms with E-state index in [1.165, 1.54) is 0 Å². The molecule has 3 amide bonds. The van der Waals surface area contributed by atoms with Crippen LogP contribution >= 0.6 is 12.4 Å². The van der Waals surface area contributed by atoms with Crippen LogP contribution in [0, 0.1) is 16.7 Å². The third-order valence-electron chi connectivity index (χ3n) is 7.22. The Morgan fingerprint density at radius 2 is 1.72 bits per heavy atom. The molecule has 0 aromatic heterocycles. The van der Waals surface area contributed by atoms with Crippen molar-refractivity contribution in [2.24, 2.45) is 27.6 Å². The average molecular weight is 513 g/mol. The normalized spacial score (nSPS) is 20.0. The number of ether oxygens (including phenoxy) is 1. The van der Waals surface area contributed by atoms with Crippen LogP contribution in [0.1, 0.15) is 31.4 Å². The molecule has 0 radical (unpaired) electrons. The first-order chi connectivity index (χ1) is 16.7. The number of benzene rings is 2. The van der Waals surface area contributed by atoms with Crippen molar-refractivity contribution >= 4 is 35.8 Å². The van der Waals surface area contributed by atoms with Gasteiger partial charge in [-0.3, -0.25) is 14.4 Å². The summed E-state index contributed by atoms with van der Waals surface area (Å²) in [4.78, 5) is 40.9. The van der Waals surface area contributed by atoms with Gasteiger partial charge in [0.25, 0.3) is 5.91 Å². The Bertz CT molecular complexity index is 1120. The predicted octanol–water partition coefficient (Wildman–Crippen LogP) is 2.70. The van der Waals surface area contributed by atoms with E-state index in [1.54, 1.807) is 18.7 Å². The third-order valence-corrected chi connectivity index (χ3v) is 7.22. The zero-order chi connectivity index (χ0) is 25.1. The lowest BCUT2D eigenvalue weighted by Crippen LogP contribution is -2.58. The predicted molar refractivity (Wildman–Crippen MR) is 139 cm³/mol. The van der Waals surface area contributed by atoms with Gasteiger partial charge in [0, 0.05) is 19.5 Å². The quantitative estimate of drug-likeness (QED) is 0.537. The second kappa shape index (κ2) is 11.2. The highest BCUT2D eigenvalue weighted by atomic mass is 35.5. The number of nitrogens with two attached hydrogens (primary N) is 1. The van der Waals surface area contributed by atoms with E-state index in [-0.39, 0.29) is 37.4 Å². The van der Waals surface area contributed by atoms with Gasteiger partial charge in [0.1, 0.15) is 5.41 Å². The first-order valence-electron chi connectivity index (χ1n) is 11.9. The van der Waals surface area contributed by atoms with E-state index >= 15 is 0 Å². The van der Waals surface area contributed by atoms with Crippen molar-refractivity contribution in [3.05, 3.63) is 71.8 Å². The van der Waals surface area contributed by atoms with Crippen molar-refractivity contribution in [1.82, 2.24) is 10.3 Å². The fraction of sp³-hybridized carbons (Fsp3) is 0.407. The van der Waals surface area contributed by atoms with E-state index in [2.05, 4.69) is 10.5 Å². The molecule has 2 aromatic rings. The van der Waals surface area contributed by atoms with Gasteiger partial charge in [0.2, 0.25) is 11.8 Å². The zero-order valence-electron chi connectivity index (χ0n) is 20.6. The van der Waals surface area contributed by atoms with Crippen LogP contribution in [0.2, 0.25) is 0 Å².